The van der Waals surface area contributed by atoms with E-state index in [9.17, 15) is 4.79 Å². The normalized spacial score (nSPS) is 11.6. The molecule has 0 saturated carbocycles. The number of rotatable bonds is 8. The monoisotopic (exact) mass is 327 g/mol. The summed E-state index contributed by atoms with van der Waals surface area (Å²) in [5.41, 5.74) is 2.36. The topological polar surface area (TPSA) is 47.6 Å². The lowest BCUT2D eigenvalue weighted by molar-refractivity contribution is -0.128. The molecular weight excluding hydrogens is 302 g/mol. The summed E-state index contributed by atoms with van der Waals surface area (Å²) in [6.45, 7) is 6.89. The smallest absolute Gasteiger partial charge is 0.261 e. The Hall–Kier alpha value is -2.49. The van der Waals surface area contributed by atoms with Crippen LogP contribution in [0.5, 0.6) is 11.5 Å². The van der Waals surface area contributed by atoms with Gasteiger partial charge in [0.15, 0.2) is 6.10 Å². The highest BCUT2D eigenvalue weighted by molar-refractivity contribution is 5.81. The summed E-state index contributed by atoms with van der Waals surface area (Å²) in [6, 6.07) is 15.4. The summed E-state index contributed by atoms with van der Waals surface area (Å²) in [6.07, 6.45) is 0.113. The van der Waals surface area contributed by atoms with E-state index in [1.165, 1.54) is 5.56 Å². The number of carbonyl (C=O) groups is 1. The molecule has 0 unspecified atom stereocenters. The van der Waals surface area contributed by atoms with E-state index in [-0.39, 0.29) is 5.91 Å². The minimum atomic E-state index is -0.496. The zero-order chi connectivity index (χ0) is 17.4. The first-order chi connectivity index (χ1) is 11.6. The molecule has 128 valence electrons. The quantitative estimate of drug-likeness (QED) is 0.753. The van der Waals surface area contributed by atoms with Gasteiger partial charge in [-0.25, -0.2) is 0 Å². The molecule has 1 amide bonds. The average Bonchev–Trinajstić information content (AvgIpc) is 2.60. The molecule has 2 rings (SSSR count). The molecule has 4 nitrogen and oxygen atoms in total. The Bertz CT molecular complexity index is 655. The van der Waals surface area contributed by atoms with Crippen LogP contribution in [-0.2, 0) is 4.79 Å². The molecule has 0 spiro atoms. The summed E-state index contributed by atoms with van der Waals surface area (Å²) in [7, 11) is 0. The highest BCUT2D eigenvalue weighted by atomic mass is 16.5. The van der Waals surface area contributed by atoms with Crippen LogP contribution in [0.4, 0.5) is 0 Å². The van der Waals surface area contributed by atoms with E-state index in [1.54, 1.807) is 0 Å². The molecule has 0 aromatic heterocycles. The van der Waals surface area contributed by atoms with Crippen molar-refractivity contribution in [2.45, 2.75) is 33.3 Å². The zero-order valence-electron chi connectivity index (χ0n) is 14.5. The van der Waals surface area contributed by atoms with Gasteiger partial charge in [-0.05, 0) is 55.7 Å². The van der Waals surface area contributed by atoms with Crippen molar-refractivity contribution >= 4 is 5.91 Å². The largest absolute Gasteiger partial charge is 0.492 e. The van der Waals surface area contributed by atoms with Crippen molar-refractivity contribution in [2.75, 3.05) is 13.2 Å². The van der Waals surface area contributed by atoms with Gasteiger partial charge in [0.1, 0.15) is 18.1 Å². The number of amides is 1. The minimum Gasteiger partial charge on any atom is -0.492 e. The van der Waals surface area contributed by atoms with E-state index >= 15 is 0 Å². The summed E-state index contributed by atoms with van der Waals surface area (Å²) in [5.74, 6) is 1.40. The molecule has 24 heavy (non-hydrogen) atoms. The third-order valence-corrected chi connectivity index (χ3v) is 3.83. The maximum atomic E-state index is 12.3. The summed E-state index contributed by atoms with van der Waals surface area (Å²) in [5, 5.41) is 2.86. The number of aryl methyl sites for hydroxylation is 2. The summed E-state index contributed by atoms with van der Waals surface area (Å²) < 4.78 is 11.4. The van der Waals surface area contributed by atoms with Gasteiger partial charge in [-0.2, -0.15) is 0 Å². The van der Waals surface area contributed by atoms with Crippen LogP contribution in [0.2, 0.25) is 0 Å². The van der Waals surface area contributed by atoms with Crippen molar-refractivity contribution in [1.82, 2.24) is 5.32 Å². The van der Waals surface area contributed by atoms with Crippen LogP contribution < -0.4 is 14.8 Å². The number of ether oxygens (including phenoxy) is 2. The Morgan fingerprint density at radius 1 is 1.04 bits per heavy atom. The molecule has 0 aliphatic carbocycles. The average molecular weight is 327 g/mol. The number of para-hydroxylation sites is 1. The van der Waals surface area contributed by atoms with E-state index in [0.29, 0.717) is 19.6 Å². The fourth-order valence-corrected chi connectivity index (χ4v) is 2.25. The first kappa shape index (κ1) is 17.9. The lowest BCUT2D eigenvalue weighted by Gasteiger charge is -2.18. The molecule has 2 aromatic carbocycles. The first-order valence-electron chi connectivity index (χ1n) is 8.29. The van der Waals surface area contributed by atoms with Crippen LogP contribution in [0.15, 0.2) is 48.5 Å². The van der Waals surface area contributed by atoms with Crippen molar-refractivity contribution in [2.24, 2.45) is 0 Å². The van der Waals surface area contributed by atoms with Crippen molar-refractivity contribution in [3.8, 4) is 11.5 Å². The molecule has 1 N–H and O–H groups in total. The van der Waals surface area contributed by atoms with Crippen LogP contribution in [-0.4, -0.2) is 25.2 Å². The van der Waals surface area contributed by atoms with Crippen molar-refractivity contribution in [3.05, 3.63) is 59.7 Å². The second kappa shape index (κ2) is 8.96. The van der Waals surface area contributed by atoms with Crippen molar-refractivity contribution < 1.29 is 14.3 Å². The molecule has 0 aliphatic rings. The zero-order valence-corrected chi connectivity index (χ0v) is 14.5. The first-order valence-corrected chi connectivity index (χ1v) is 8.29. The van der Waals surface area contributed by atoms with Gasteiger partial charge in [-0.3, -0.25) is 4.79 Å². The van der Waals surface area contributed by atoms with E-state index in [4.69, 9.17) is 9.47 Å². The molecule has 0 fully saturated rings. The third kappa shape index (κ3) is 5.30. The number of hydrogen-bond acceptors (Lipinski definition) is 3. The summed E-state index contributed by atoms with van der Waals surface area (Å²) in [4.78, 5) is 12.3. The Kier molecular flexibility index (Phi) is 6.67. The third-order valence-electron chi connectivity index (χ3n) is 3.83. The van der Waals surface area contributed by atoms with Gasteiger partial charge < -0.3 is 14.8 Å². The standard InChI is InChI=1S/C20H25NO3/c1-4-19(24-18-11-10-15(2)16(3)14-18)20(22)21-12-13-23-17-8-6-5-7-9-17/h5-11,14,19H,4,12-13H2,1-3H3,(H,21,22)/t19-/m0/s1. The van der Waals surface area contributed by atoms with Gasteiger partial charge in [-0.1, -0.05) is 31.2 Å². The van der Waals surface area contributed by atoms with Gasteiger partial charge in [0, 0.05) is 0 Å². The summed E-state index contributed by atoms with van der Waals surface area (Å²) >= 11 is 0. The fraction of sp³-hybridized carbons (Fsp3) is 0.350. The molecular formula is C20H25NO3. The number of benzene rings is 2. The molecule has 0 aliphatic heterocycles. The molecule has 0 radical (unpaired) electrons. The van der Waals surface area contributed by atoms with Crippen molar-refractivity contribution in [1.29, 1.82) is 0 Å². The second-order valence-corrected chi connectivity index (χ2v) is 5.71. The molecule has 0 saturated heterocycles. The van der Waals surface area contributed by atoms with E-state index in [0.717, 1.165) is 17.1 Å². The Morgan fingerprint density at radius 2 is 1.79 bits per heavy atom. The van der Waals surface area contributed by atoms with Crippen LogP contribution in [0.25, 0.3) is 0 Å². The fourth-order valence-electron chi connectivity index (χ4n) is 2.25. The Labute approximate surface area is 143 Å². The van der Waals surface area contributed by atoms with E-state index in [1.807, 2.05) is 62.4 Å². The SMILES string of the molecule is CC[C@H](Oc1ccc(C)c(C)c1)C(=O)NCCOc1ccccc1. The molecule has 2 aromatic rings. The second-order valence-electron chi connectivity index (χ2n) is 5.71. The Balaban J connectivity index is 1.79. The molecule has 1 atom stereocenters. The van der Waals surface area contributed by atoms with E-state index < -0.39 is 6.10 Å². The molecule has 0 bridgehead atoms. The maximum Gasteiger partial charge on any atom is 0.261 e. The number of hydrogen-bond donors (Lipinski definition) is 1. The highest BCUT2D eigenvalue weighted by Gasteiger charge is 2.18. The van der Waals surface area contributed by atoms with Crippen LogP contribution in [0.1, 0.15) is 24.5 Å². The predicted octanol–water partition coefficient (Wildman–Crippen LogP) is 3.66. The van der Waals surface area contributed by atoms with Gasteiger partial charge in [0.05, 0.1) is 6.54 Å². The highest BCUT2D eigenvalue weighted by Crippen LogP contribution is 2.18. The lowest BCUT2D eigenvalue weighted by Crippen LogP contribution is -2.39. The minimum absolute atomic E-state index is 0.118. The molecule has 4 heteroatoms. The van der Waals surface area contributed by atoms with Crippen LogP contribution >= 0.6 is 0 Å². The van der Waals surface area contributed by atoms with Gasteiger partial charge >= 0.3 is 0 Å². The number of carbonyl (C=O) groups excluding carboxylic acids is 1. The van der Waals surface area contributed by atoms with E-state index in [2.05, 4.69) is 12.2 Å². The Morgan fingerprint density at radius 3 is 2.46 bits per heavy atom. The van der Waals surface area contributed by atoms with Crippen LogP contribution in [0.3, 0.4) is 0 Å². The lowest BCUT2D eigenvalue weighted by atomic mass is 10.1. The molecule has 0 heterocycles. The predicted molar refractivity (Wildman–Crippen MR) is 95.6 cm³/mol. The van der Waals surface area contributed by atoms with Crippen LogP contribution in [0, 0.1) is 13.8 Å². The maximum absolute atomic E-state index is 12.3. The van der Waals surface area contributed by atoms with Gasteiger partial charge in [-0.15, -0.1) is 0 Å². The van der Waals surface area contributed by atoms with Crippen molar-refractivity contribution in [3.63, 3.8) is 0 Å². The van der Waals surface area contributed by atoms with Gasteiger partial charge in [0.2, 0.25) is 0 Å². The number of nitrogens with one attached hydrogen (secondary N) is 1. The van der Waals surface area contributed by atoms with Gasteiger partial charge in [0.25, 0.3) is 5.91 Å².